The van der Waals surface area contributed by atoms with Crippen molar-refractivity contribution in [3.8, 4) is 0 Å². The second kappa shape index (κ2) is 4.30. The summed E-state index contributed by atoms with van der Waals surface area (Å²) in [7, 11) is 1.56. The lowest BCUT2D eigenvalue weighted by atomic mass is 10.6. The average molecular weight is 114 g/mol. The molecule has 8 heavy (non-hydrogen) atoms. The second-order valence-corrected chi connectivity index (χ2v) is 1.28. The van der Waals surface area contributed by atoms with E-state index in [1.54, 1.807) is 7.05 Å². The van der Waals surface area contributed by atoms with Gasteiger partial charge in [0, 0.05) is 13.6 Å². The van der Waals surface area contributed by atoms with Crippen molar-refractivity contribution in [3.05, 3.63) is 0 Å². The highest BCUT2D eigenvalue weighted by atomic mass is 16.1. The monoisotopic (exact) mass is 114 g/mol. The Balaban J connectivity index is 3.33. The summed E-state index contributed by atoms with van der Waals surface area (Å²) in [6.07, 6.45) is 1.25. The van der Waals surface area contributed by atoms with E-state index in [1.165, 1.54) is 6.21 Å². The van der Waals surface area contributed by atoms with E-state index in [9.17, 15) is 4.79 Å². The molecule has 46 valence electrons. The van der Waals surface area contributed by atoms with Crippen LogP contribution in [0.25, 0.3) is 0 Å². The number of nitrogens with zero attached hydrogens (tertiary/aromatic N) is 1. The Hall–Kier alpha value is -0.860. The smallest absolute Gasteiger partial charge is 0.261 e. The molecule has 0 aliphatic carbocycles. The molecule has 0 aromatic carbocycles. The zero-order valence-electron chi connectivity index (χ0n) is 5.14. The van der Waals surface area contributed by atoms with Gasteiger partial charge in [-0.1, -0.05) is 0 Å². The number of rotatable bonds is 2. The van der Waals surface area contributed by atoms with Gasteiger partial charge in [-0.05, 0) is 6.92 Å². The van der Waals surface area contributed by atoms with Gasteiger partial charge in [0.05, 0.1) is 6.21 Å². The summed E-state index contributed by atoms with van der Waals surface area (Å²) in [5.41, 5.74) is 0. The minimum atomic E-state index is -0.130. The van der Waals surface area contributed by atoms with E-state index in [0.717, 1.165) is 0 Å². The van der Waals surface area contributed by atoms with Crippen molar-refractivity contribution in [1.82, 2.24) is 5.32 Å². The number of aliphatic imine (C=N–C) groups is 1. The lowest BCUT2D eigenvalue weighted by Gasteiger charge is -1.90. The van der Waals surface area contributed by atoms with Crippen LogP contribution in [0.4, 0.5) is 0 Å². The van der Waals surface area contributed by atoms with Crippen LogP contribution in [0, 0.1) is 0 Å². The van der Waals surface area contributed by atoms with Crippen molar-refractivity contribution in [2.24, 2.45) is 4.99 Å². The van der Waals surface area contributed by atoms with Gasteiger partial charge in [-0.25, -0.2) is 0 Å². The van der Waals surface area contributed by atoms with Gasteiger partial charge < -0.3 is 5.32 Å². The summed E-state index contributed by atoms with van der Waals surface area (Å²) in [6, 6.07) is 0. The fraction of sp³-hybridized carbons (Fsp3) is 0.600. The van der Waals surface area contributed by atoms with Crippen LogP contribution >= 0.6 is 0 Å². The zero-order valence-corrected chi connectivity index (χ0v) is 5.14. The van der Waals surface area contributed by atoms with Crippen LogP contribution in [0.2, 0.25) is 0 Å². The summed E-state index contributed by atoms with van der Waals surface area (Å²) < 4.78 is 0. The number of nitrogens with one attached hydrogen (secondary N) is 1. The molecule has 0 aliphatic rings. The van der Waals surface area contributed by atoms with Crippen LogP contribution in [0.1, 0.15) is 6.92 Å². The molecule has 0 radical (unpaired) electrons. The third-order valence-electron chi connectivity index (χ3n) is 0.597. The molecule has 0 saturated heterocycles. The van der Waals surface area contributed by atoms with E-state index in [2.05, 4.69) is 10.3 Å². The Kier molecular flexibility index (Phi) is 3.84. The van der Waals surface area contributed by atoms with Gasteiger partial charge >= 0.3 is 0 Å². The number of carbonyl (C=O) groups excluding carboxylic acids is 1. The van der Waals surface area contributed by atoms with Crippen LogP contribution in [-0.2, 0) is 4.79 Å². The van der Waals surface area contributed by atoms with E-state index in [1.807, 2.05) is 6.92 Å². The predicted octanol–water partition coefficient (Wildman–Crippen LogP) is -0.177. The van der Waals surface area contributed by atoms with Crippen LogP contribution < -0.4 is 5.32 Å². The number of amides is 1. The quantitative estimate of drug-likeness (QED) is 0.497. The molecule has 3 heteroatoms. The Morgan fingerprint density at radius 2 is 2.50 bits per heavy atom. The normalized spacial score (nSPS) is 9.75. The molecule has 3 nitrogen and oxygen atoms in total. The molecule has 0 unspecified atom stereocenters. The Bertz CT molecular complexity index is 98.6. The first-order chi connectivity index (χ1) is 3.81. The number of hydrogen-bond donors (Lipinski definition) is 1. The molecule has 0 saturated carbocycles. The zero-order chi connectivity index (χ0) is 6.41. The van der Waals surface area contributed by atoms with Gasteiger partial charge in [0.25, 0.3) is 5.91 Å². The van der Waals surface area contributed by atoms with Gasteiger partial charge in [-0.15, -0.1) is 0 Å². The minimum absolute atomic E-state index is 0.130. The Labute approximate surface area is 48.8 Å². The summed E-state index contributed by atoms with van der Waals surface area (Å²) in [6.45, 7) is 2.52. The van der Waals surface area contributed by atoms with E-state index in [4.69, 9.17) is 0 Å². The molecule has 1 amide bonds. The fourth-order valence-corrected chi connectivity index (χ4v) is 0.337. The molecule has 1 N–H and O–H groups in total. The molecule has 0 aromatic rings. The van der Waals surface area contributed by atoms with Crippen LogP contribution in [0.3, 0.4) is 0 Å². The van der Waals surface area contributed by atoms with Gasteiger partial charge in [0.2, 0.25) is 0 Å². The van der Waals surface area contributed by atoms with Crippen molar-refractivity contribution in [3.63, 3.8) is 0 Å². The van der Waals surface area contributed by atoms with Crippen LogP contribution in [-0.4, -0.2) is 25.7 Å². The molecule has 0 fully saturated rings. The lowest BCUT2D eigenvalue weighted by molar-refractivity contribution is -0.114. The minimum Gasteiger partial charge on any atom is -0.352 e. The predicted molar refractivity (Wildman–Crippen MR) is 33.1 cm³/mol. The molecule has 0 aliphatic heterocycles. The van der Waals surface area contributed by atoms with Crippen molar-refractivity contribution < 1.29 is 4.79 Å². The third-order valence-corrected chi connectivity index (χ3v) is 0.597. The maximum Gasteiger partial charge on any atom is 0.261 e. The standard InChI is InChI=1S/C5H10N2O/c1-3-7-5(8)4-6-2/h4H,3H2,1-2H3,(H,7,8). The highest BCUT2D eigenvalue weighted by molar-refractivity contribution is 6.26. The summed E-state index contributed by atoms with van der Waals surface area (Å²) >= 11 is 0. The first kappa shape index (κ1) is 7.14. The first-order valence-corrected chi connectivity index (χ1v) is 2.51. The number of carbonyl (C=O) groups is 1. The van der Waals surface area contributed by atoms with Gasteiger partial charge in [0.15, 0.2) is 0 Å². The van der Waals surface area contributed by atoms with Crippen LogP contribution in [0.5, 0.6) is 0 Å². The summed E-state index contributed by atoms with van der Waals surface area (Å²) in [5, 5.41) is 2.56. The van der Waals surface area contributed by atoms with E-state index in [0.29, 0.717) is 6.54 Å². The second-order valence-electron chi connectivity index (χ2n) is 1.28. The third kappa shape index (κ3) is 3.33. The summed E-state index contributed by atoms with van der Waals surface area (Å²) in [4.78, 5) is 13.9. The van der Waals surface area contributed by atoms with E-state index >= 15 is 0 Å². The van der Waals surface area contributed by atoms with Gasteiger partial charge in [-0.3, -0.25) is 9.79 Å². The topological polar surface area (TPSA) is 41.5 Å². The number of hydrogen-bond acceptors (Lipinski definition) is 2. The molecule has 0 rings (SSSR count). The first-order valence-electron chi connectivity index (χ1n) is 2.51. The van der Waals surface area contributed by atoms with E-state index < -0.39 is 0 Å². The molecule has 0 atom stereocenters. The SMILES string of the molecule is CCNC(=O)C=NC. The maximum atomic E-state index is 10.4. The molecular formula is C5H10N2O. The van der Waals surface area contributed by atoms with Gasteiger partial charge in [-0.2, -0.15) is 0 Å². The van der Waals surface area contributed by atoms with Crippen molar-refractivity contribution in [1.29, 1.82) is 0 Å². The Morgan fingerprint density at radius 3 is 2.88 bits per heavy atom. The van der Waals surface area contributed by atoms with Crippen molar-refractivity contribution in [2.45, 2.75) is 6.92 Å². The summed E-state index contributed by atoms with van der Waals surface area (Å²) in [5.74, 6) is -0.130. The van der Waals surface area contributed by atoms with Crippen molar-refractivity contribution in [2.75, 3.05) is 13.6 Å². The van der Waals surface area contributed by atoms with Crippen LogP contribution in [0.15, 0.2) is 4.99 Å². The fourth-order valence-electron chi connectivity index (χ4n) is 0.337. The molecule has 0 aromatic heterocycles. The average Bonchev–Trinajstić information content (AvgIpc) is 1.68. The molecule has 0 spiro atoms. The van der Waals surface area contributed by atoms with Crippen molar-refractivity contribution >= 4 is 12.1 Å². The van der Waals surface area contributed by atoms with E-state index in [-0.39, 0.29) is 5.91 Å². The highest BCUT2D eigenvalue weighted by Gasteiger charge is 1.87. The maximum absolute atomic E-state index is 10.4. The largest absolute Gasteiger partial charge is 0.352 e. The molecular weight excluding hydrogens is 104 g/mol. The highest BCUT2D eigenvalue weighted by Crippen LogP contribution is 1.57. The van der Waals surface area contributed by atoms with Gasteiger partial charge in [0.1, 0.15) is 0 Å². The molecule has 0 bridgehead atoms. The Morgan fingerprint density at radius 1 is 1.88 bits per heavy atom. The molecule has 0 heterocycles. The lowest BCUT2D eigenvalue weighted by Crippen LogP contribution is -2.23.